The maximum atomic E-state index is 12.9. The number of aromatic nitrogens is 4. The molecule has 3 aromatic rings. The Morgan fingerprint density at radius 3 is 2.83 bits per heavy atom. The largest absolute Gasteiger partial charge is 0.454 e. The van der Waals surface area contributed by atoms with Gasteiger partial charge in [0, 0.05) is 24.6 Å². The summed E-state index contributed by atoms with van der Waals surface area (Å²) in [7, 11) is 0. The number of hydrogen-bond acceptors (Lipinski definition) is 6. The molecule has 1 amide bonds. The number of benzene rings is 1. The van der Waals surface area contributed by atoms with Crippen LogP contribution in [0.5, 0.6) is 11.5 Å². The minimum Gasteiger partial charge on any atom is -0.454 e. The quantitative estimate of drug-likeness (QED) is 0.606. The Kier molecular flexibility index (Phi) is 5.39. The summed E-state index contributed by atoms with van der Waals surface area (Å²) in [4.78, 5) is 26.0. The highest BCUT2D eigenvalue weighted by Crippen LogP contribution is 2.32. The number of fused-ring (bicyclic) bond motifs is 1. The van der Waals surface area contributed by atoms with Crippen LogP contribution in [0.25, 0.3) is 5.95 Å². The Labute approximate surface area is 175 Å². The van der Waals surface area contributed by atoms with Crippen molar-refractivity contribution in [3.8, 4) is 17.4 Å². The molecule has 0 aliphatic carbocycles. The molecule has 0 atom stereocenters. The monoisotopic (exact) mass is 407 g/mol. The summed E-state index contributed by atoms with van der Waals surface area (Å²) >= 11 is 0. The Morgan fingerprint density at radius 1 is 1.20 bits per heavy atom. The summed E-state index contributed by atoms with van der Waals surface area (Å²) in [5.74, 6) is 2.00. The number of nitrogens with one attached hydrogen (secondary N) is 1. The van der Waals surface area contributed by atoms with E-state index in [9.17, 15) is 4.79 Å². The molecule has 0 radical (unpaired) electrons. The van der Waals surface area contributed by atoms with Crippen LogP contribution in [0, 0.1) is 6.92 Å². The lowest BCUT2D eigenvalue weighted by atomic mass is 9.87. The van der Waals surface area contributed by atoms with Crippen LogP contribution in [-0.4, -0.2) is 38.8 Å². The SMILES string of the molecule is Cc1cc(C(C)(C)C(=O)NCCCc2ccc3c(c2)OCO3)nc(-n2ccnc2)n1. The maximum absolute atomic E-state index is 12.9. The first-order chi connectivity index (χ1) is 14.4. The van der Waals surface area contributed by atoms with Gasteiger partial charge in [0.15, 0.2) is 11.5 Å². The lowest BCUT2D eigenvalue weighted by Crippen LogP contribution is -2.41. The van der Waals surface area contributed by atoms with Crippen LogP contribution < -0.4 is 14.8 Å². The number of ether oxygens (including phenoxy) is 2. The third-order valence-corrected chi connectivity index (χ3v) is 5.15. The Balaban J connectivity index is 1.37. The average Bonchev–Trinajstić information content (AvgIpc) is 3.42. The van der Waals surface area contributed by atoms with E-state index in [2.05, 4.69) is 20.3 Å². The Hall–Kier alpha value is -3.42. The summed E-state index contributed by atoms with van der Waals surface area (Å²) in [6.45, 7) is 6.49. The first-order valence-corrected chi connectivity index (χ1v) is 9.95. The van der Waals surface area contributed by atoms with Crippen molar-refractivity contribution in [2.75, 3.05) is 13.3 Å². The zero-order valence-electron chi connectivity index (χ0n) is 17.4. The van der Waals surface area contributed by atoms with E-state index in [-0.39, 0.29) is 12.7 Å². The van der Waals surface area contributed by atoms with Gasteiger partial charge in [-0.25, -0.2) is 15.0 Å². The van der Waals surface area contributed by atoms with E-state index in [1.807, 2.05) is 45.0 Å². The number of nitrogens with zero attached hydrogens (tertiary/aromatic N) is 4. The van der Waals surface area contributed by atoms with E-state index >= 15 is 0 Å². The van der Waals surface area contributed by atoms with Crippen LogP contribution in [-0.2, 0) is 16.6 Å². The van der Waals surface area contributed by atoms with Gasteiger partial charge in [-0.1, -0.05) is 6.07 Å². The molecule has 4 rings (SSSR count). The Bertz CT molecular complexity index is 1050. The van der Waals surface area contributed by atoms with Crippen LogP contribution in [0.2, 0.25) is 0 Å². The second kappa shape index (κ2) is 8.14. The normalized spacial score (nSPS) is 12.8. The van der Waals surface area contributed by atoms with Crippen molar-refractivity contribution in [2.45, 2.75) is 39.0 Å². The molecule has 2 aromatic heterocycles. The number of hydrogen-bond donors (Lipinski definition) is 1. The van der Waals surface area contributed by atoms with E-state index in [0.717, 1.165) is 35.6 Å². The summed E-state index contributed by atoms with van der Waals surface area (Å²) in [6.07, 6.45) is 6.76. The molecule has 1 aliphatic rings. The molecule has 156 valence electrons. The van der Waals surface area contributed by atoms with Gasteiger partial charge >= 0.3 is 0 Å². The standard InChI is InChI=1S/C22H25N5O3/c1-15-11-19(26-21(25-15)27-10-9-23-13-27)22(2,3)20(28)24-8-4-5-16-6-7-17-18(12-16)30-14-29-17/h6-7,9-13H,4-5,8,14H2,1-3H3,(H,24,28). The first-order valence-electron chi connectivity index (χ1n) is 9.95. The molecule has 1 aromatic carbocycles. The molecule has 8 nitrogen and oxygen atoms in total. The van der Waals surface area contributed by atoms with Crippen molar-refractivity contribution < 1.29 is 14.3 Å². The fourth-order valence-electron chi connectivity index (χ4n) is 3.29. The van der Waals surface area contributed by atoms with Crippen molar-refractivity contribution in [3.05, 3.63) is 59.9 Å². The lowest BCUT2D eigenvalue weighted by molar-refractivity contribution is -0.125. The van der Waals surface area contributed by atoms with Gasteiger partial charge < -0.3 is 14.8 Å². The van der Waals surface area contributed by atoms with Gasteiger partial charge in [0.2, 0.25) is 18.6 Å². The van der Waals surface area contributed by atoms with Gasteiger partial charge in [-0.05, 0) is 57.4 Å². The molecular weight excluding hydrogens is 382 g/mol. The molecular formula is C22H25N5O3. The zero-order chi connectivity index (χ0) is 21.1. The molecule has 30 heavy (non-hydrogen) atoms. The van der Waals surface area contributed by atoms with E-state index in [1.165, 1.54) is 0 Å². The van der Waals surface area contributed by atoms with Crippen molar-refractivity contribution in [3.63, 3.8) is 0 Å². The molecule has 0 saturated carbocycles. The molecule has 8 heteroatoms. The third kappa shape index (κ3) is 4.12. The zero-order valence-corrected chi connectivity index (χ0v) is 17.4. The van der Waals surface area contributed by atoms with Crippen LogP contribution in [0.4, 0.5) is 0 Å². The summed E-state index contributed by atoms with van der Waals surface area (Å²) in [5.41, 5.74) is 1.84. The molecule has 0 spiro atoms. The van der Waals surface area contributed by atoms with E-state index in [0.29, 0.717) is 18.2 Å². The maximum Gasteiger partial charge on any atom is 0.235 e. The minimum absolute atomic E-state index is 0.0668. The highest BCUT2D eigenvalue weighted by atomic mass is 16.7. The lowest BCUT2D eigenvalue weighted by Gasteiger charge is -2.24. The van der Waals surface area contributed by atoms with Crippen LogP contribution in [0.15, 0.2) is 43.0 Å². The fourth-order valence-corrected chi connectivity index (χ4v) is 3.29. The summed E-state index contributed by atoms with van der Waals surface area (Å²) in [5, 5.41) is 3.04. The van der Waals surface area contributed by atoms with Gasteiger partial charge in [-0.15, -0.1) is 0 Å². The molecule has 0 fully saturated rings. The molecule has 1 N–H and O–H groups in total. The summed E-state index contributed by atoms with van der Waals surface area (Å²) < 4.78 is 12.5. The van der Waals surface area contributed by atoms with E-state index in [1.54, 1.807) is 23.3 Å². The highest BCUT2D eigenvalue weighted by molar-refractivity contribution is 5.86. The third-order valence-electron chi connectivity index (χ3n) is 5.15. The molecule has 1 aliphatic heterocycles. The van der Waals surface area contributed by atoms with Gasteiger partial charge in [-0.2, -0.15) is 0 Å². The van der Waals surface area contributed by atoms with Gasteiger partial charge in [0.1, 0.15) is 6.33 Å². The molecule has 3 heterocycles. The van der Waals surface area contributed by atoms with Crippen LogP contribution in [0.1, 0.15) is 37.2 Å². The van der Waals surface area contributed by atoms with Crippen LogP contribution in [0.3, 0.4) is 0 Å². The first kappa shape index (κ1) is 19.9. The van der Waals surface area contributed by atoms with Gasteiger partial charge in [-0.3, -0.25) is 9.36 Å². The van der Waals surface area contributed by atoms with Gasteiger partial charge in [0.25, 0.3) is 0 Å². The number of rotatable bonds is 7. The molecule has 0 saturated heterocycles. The number of aryl methyl sites for hydroxylation is 2. The number of amides is 1. The highest BCUT2D eigenvalue weighted by Gasteiger charge is 2.32. The summed E-state index contributed by atoms with van der Waals surface area (Å²) in [6, 6.07) is 7.80. The Morgan fingerprint density at radius 2 is 2.03 bits per heavy atom. The van der Waals surface area contributed by atoms with E-state index < -0.39 is 5.41 Å². The number of carbonyl (C=O) groups is 1. The van der Waals surface area contributed by atoms with Crippen molar-refractivity contribution in [2.24, 2.45) is 0 Å². The predicted octanol–water partition coefficient (Wildman–Crippen LogP) is 2.73. The second-order valence-electron chi connectivity index (χ2n) is 7.84. The topological polar surface area (TPSA) is 91.2 Å². The van der Waals surface area contributed by atoms with Crippen molar-refractivity contribution >= 4 is 5.91 Å². The van der Waals surface area contributed by atoms with Crippen LogP contribution >= 0.6 is 0 Å². The number of carbonyl (C=O) groups excluding carboxylic acids is 1. The average molecular weight is 407 g/mol. The molecule has 0 unspecified atom stereocenters. The predicted molar refractivity (Wildman–Crippen MR) is 111 cm³/mol. The van der Waals surface area contributed by atoms with Crippen molar-refractivity contribution in [1.29, 1.82) is 0 Å². The number of imidazole rings is 1. The van der Waals surface area contributed by atoms with Crippen molar-refractivity contribution in [1.82, 2.24) is 24.8 Å². The second-order valence-corrected chi connectivity index (χ2v) is 7.84. The van der Waals surface area contributed by atoms with Gasteiger partial charge in [0.05, 0.1) is 11.1 Å². The van der Waals surface area contributed by atoms with E-state index in [4.69, 9.17) is 9.47 Å². The molecule has 0 bridgehead atoms. The fraction of sp³-hybridized carbons (Fsp3) is 0.364. The minimum atomic E-state index is -0.790. The smallest absolute Gasteiger partial charge is 0.235 e.